The minimum atomic E-state index is -1.01. The van der Waals surface area contributed by atoms with Gasteiger partial charge in [-0.2, -0.15) is 9.13 Å². The van der Waals surface area contributed by atoms with Crippen LogP contribution >= 0.6 is 0 Å². The van der Waals surface area contributed by atoms with Crippen LogP contribution < -0.4 is 10.7 Å². The van der Waals surface area contributed by atoms with Gasteiger partial charge in [-0.3, -0.25) is 0 Å². The van der Waals surface area contributed by atoms with Crippen LogP contribution in [-0.4, -0.2) is 49.6 Å². The van der Waals surface area contributed by atoms with E-state index in [1.807, 2.05) is 27.7 Å². The summed E-state index contributed by atoms with van der Waals surface area (Å²) >= 11 is 0. The summed E-state index contributed by atoms with van der Waals surface area (Å²) in [6.07, 6.45) is 8.54. The number of allylic oxidation sites excluding steroid dienone is 1. The summed E-state index contributed by atoms with van der Waals surface area (Å²) in [7, 11) is 0. The van der Waals surface area contributed by atoms with Crippen LogP contribution in [0, 0.1) is 27.7 Å². The number of fused-ring (bicyclic) bond motifs is 12. The third kappa shape index (κ3) is 1.70. The first kappa shape index (κ1) is 19.5. The lowest BCUT2D eigenvalue weighted by molar-refractivity contribution is -0.807. The average Bonchev–Trinajstić information content (AvgIpc) is 3.78. The number of aromatic nitrogens is 6. The molecule has 0 radical (unpaired) electrons. The summed E-state index contributed by atoms with van der Waals surface area (Å²) < 4.78 is 34.4. The highest BCUT2D eigenvalue weighted by Crippen LogP contribution is 2.52. The zero-order chi connectivity index (χ0) is 26.8. The van der Waals surface area contributed by atoms with Crippen molar-refractivity contribution in [2.75, 3.05) is 0 Å². The standard InChI is InChI=1S/C29H16N8O4/c1-9-30-21-13-5-18-26-23(32-11(3)39-26)15-7-20-28-24(33-12(4)41-28)16-8-19-27-22(31-10(2)40-27)14-6-17(25(21)38-9)34(13)29(35(14)19,36(15)18)37(16)20/h5-8H,1-4H3/q+2. The van der Waals surface area contributed by atoms with Gasteiger partial charge in [-0.15, -0.1) is 0 Å². The van der Waals surface area contributed by atoms with Crippen molar-refractivity contribution in [2.45, 2.75) is 33.6 Å². The number of hydrogen-bond acceptors (Lipinski definition) is 8. The van der Waals surface area contributed by atoms with E-state index < -0.39 is 5.91 Å². The summed E-state index contributed by atoms with van der Waals surface area (Å²) in [5, 5.41) is 1.81. The monoisotopic (exact) mass is 540 g/mol. The van der Waals surface area contributed by atoms with Gasteiger partial charge in [0.25, 0.3) is 17.1 Å². The molecular formula is C29H16N8O4+2. The first-order valence-electron chi connectivity index (χ1n) is 13.4. The third-order valence-electron chi connectivity index (χ3n) is 9.06. The molecule has 0 bridgehead atoms. The van der Waals surface area contributed by atoms with E-state index >= 15 is 0 Å². The Kier molecular flexibility index (Phi) is 2.58. The fourth-order valence-corrected chi connectivity index (χ4v) is 7.91. The molecular weight excluding hydrogens is 524 g/mol. The zero-order valence-electron chi connectivity index (χ0n) is 22.0. The predicted molar refractivity (Wildman–Crippen MR) is 141 cm³/mol. The highest BCUT2D eigenvalue weighted by Gasteiger charge is 2.75. The fourth-order valence-electron chi connectivity index (χ4n) is 7.91. The molecule has 12 rings (SSSR count). The van der Waals surface area contributed by atoms with E-state index in [-0.39, 0.29) is 0 Å². The van der Waals surface area contributed by atoms with Crippen molar-refractivity contribution in [3.63, 3.8) is 0 Å². The van der Waals surface area contributed by atoms with Gasteiger partial charge in [-0.05, 0) is 6.08 Å². The minimum absolute atomic E-state index is 0.605. The summed E-state index contributed by atoms with van der Waals surface area (Å²) in [5.41, 5.74) is 10.0. The largest absolute Gasteiger partial charge is 0.554 e. The molecule has 6 aromatic rings. The van der Waals surface area contributed by atoms with Crippen molar-refractivity contribution in [1.29, 1.82) is 0 Å². The van der Waals surface area contributed by atoms with Crippen LogP contribution in [0.3, 0.4) is 0 Å². The van der Waals surface area contributed by atoms with E-state index in [2.05, 4.69) is 42.6 Å². The molecule has 41 heavy (non-hydrogen) atoms. The molecule has 0 amide bonds. The second-order valence-corrected chi connectivity index (χ2v) is 11.2. The van der Waals surface area contributed by atoms with Crippen molar-refractivity contribution < 1.29 is 26.8 Å². The van der Waals surface area contributed by atoms with E-state index in [1.165, 1.54) is 0 Å². The van der Waals surface area contributed by atoms with Crippen LogP contribution in [0.15, 0.2) is 23.7 Å². The molecule has 1 spiro atoms. The maximum absolute atomic E-state index is 6.29. The Morgan fingerprint density at radius 2 is 1.20 bits per heavy atom. The van der Waals surface area contributed by atoms with Crippen molar-refractivity contribution >= 4 is 63.2 Å². The zero-order valence-corrected chi connectivity index (χ0v) is 22.0. The molecule has 0 fully saturated rings. The first-order valence-corrected chi connectivity index (χ1v) is 13.4. The summed E-state index contributed by atoms with van der Waals surface area (Å²) in [5.74, 6) is 2.85. The molecule has 194 valence electrons. The van der Waals surface area contributed by atoms with Gasteiger partial charge in [0.2, 0.25) is 17.2 Å². The topological polar surface area (TPSA) is 120 Å². The Morgan fingerprint density at radius 1 is 0.585 bits per heavy atom. The molecule has 6 aromatic heterocycles. The quantitative estimate of drug-likeness (QED) is 0.269. The normalized spacial score (nSPS) is 21.3. The second-order valence-electron chi connectivity index (χ2n) is 11.2. The van der Waals surface area contributed by atoms with E-state index in [0.717, 1.165) is 90.0 Å². The highest BCUT2D eigenvalue weighted by atomic mass is 16.4. The van der Waals surface area contributed by atoms with Crippen molar-refractivity contribution in [2.24, 2.45) is 0 Å². The molecule has 1 unspecified atom stereocenters. The van der Waals surface area contributed by atoms with Crippen LogP contribution in [0.5, 0.6) is 0 Å². The Morgan fingerprint density at radius 3 is 1.93 bits per heavy atom. The van der Waals surface area contributed by atoms with Gasteiger partial charge in [0.05, 0.1) is 17.1 Å². The van der Waals surface area contributed by atoms with E-state index in [9.17, 15) is 0 Å². The highest BCUT2D eigenvalue weighted by molar-refractivity contribution is 6.24. The van der Waals surface area contributed by atoms with Gasteiger partial charge in [-0.25, -0.2) is 19.9 Å². The van der Waals surface area contributed by atoms with Crippen molar-refractivity contribution in [3.8, 4) is 0 Å². The average molecular weight is 540 g/mol. The Labute approximate surface area is 227 Å². The molecule has 0 aromatic carbocycles. The molecule has 0 N–H and O–H groups in total. The fraction of sp³-hybridized carbons (Fsp3) is 0.172. The molecule has 0 saturated carbocycles. The Bertz CT molecular complexity index is 2690. The van der Waals surface area contributed by atoms with Crippen molar-refractivity contribution in [3.05, 3.63) is 74.6 Å². The van der Waals surface area contributed by atoms with Crippen molar-refractivity contribution in [1.82, 2.24) is 29.1 Å². The summed E-state index contributed by atoms with van der Waals surface area (Å²) in [4.78, 5) is 19.5. The second kappa shape index (κ2) is 5.42. The molecule has 12 heterocycles. The number of nitrogens with zero attached hydrogens (tertiary/aromatic N) is 8. The molecule has 0 saturated heterocycles. The van der Waals surface area contributed by atoms with Gasteiger partial charge in [0.1, 0.15) is 22.1 Å². The van der Waals surface area contributed by atoms with E-state index in [0.29, 0.717) is 23.6 Å². The van der Waals surface area contributed by atoms with Gasteiger partial charge in [0, 0.05) is 39.8 Å². The minimum Gasteiger partial charge on any atom is -0.439 e. The maximum Gasteiger partial charge on any atom is 0.554 e. The first-order chi connectivity index (χ1) is 19.9. The lowest BCUT2D eigenvalue weighted by Crippen LogP contribution is -2.69. The number of hydrogen-bond donors (Lipinski definition) is 0. The lowest BCUT2D eigenvalue weighted by atomic mass is 10.1. The van der Waals surface area contributed by atoms with Gasteiger partial charge < -0.3 is 17.7 Å². The van der Waals surface area contributed by atoms with Gasteiger partial charge in [-0.1, -0.05) is 9.15 Å². The van der Waals surface area contributed by atoms with E-state index in [1.54, 1.807) is 0 Å². The van der Waals surface area contributed by atoms with Crippen LogP contribution in [-0.2, 0) is 5.91 Å². The van der Waals surface area contributed by atoms with Crippen LogP contribution in [0.1, 0.15) is 57.9 Å². The SMILES string of the molecule is Cc1nc2c(o1)C1=Cc3c4nc(C)oc4c4n3C35n6c(c7nc(C)oc7c6=CC6=[N+]3C(=CC2=[N+]15)c1oc(C)nc16)=C4. The number of rotatable bonds is 0. The number of oxazole rings is 4. The molecule has 12 heteroatoms. The molecule has 12 nitrogen and oxygen atoms in total. The van der Waals surface area contributed by atoms with Crippen LogP contribution in [0.2, 0.25) is 0 Å². The molecule has 6 aliphatic heterocycles. The predicted octanol–water partition coefficient (Wildman–Crippen LogP) is 2.03. The number of aryl methyl sites for hydroxylation is 4. The van der Waals surface area contributed by atoms with Gasteiger partial charge >= 0.3 is 5.91 Å². The van der Waals surface area contributed by atoms with Gasteiger partial charge in [0.15, 0.2) is 46.1 Å². The Hall–Kier alpha value is -5.52. The summed E-state index contributed by atoms with van der Waals surface area (Å²) in [6.45, 7) is 7.51. The lowest BCUT2D eigenvalue weighted by Gasteiger charge is -2.36. The van der Waals surface area contributed by atoms with Crippen LogP contribution in [0.4, 0.5) is 0 Å². The maximum atomic E-state index is 6.29. The molecule has 0 aliphatic carbocycles. The molecule has 6 aliphatic rings. The Balaban J connectivity index is 1.43. The molecule has 1 atom stereocenters. The summed E-state index contributed by atoms with van der Waals surface area (Å²) in [6, 6.07) is 0. The third-order valence-corrected chi connectivity index (χ3v) is 9.06. The van der Waals surface area contributed by atoms with Crippen LogP contribution in [0.25, 0.3) is 51.8 Å². The smallest absolute Gasteiger partial charge is 0.439 e. The van der Waals surface area contributed by atoms with E-state index in [4.69, 9.17) is 37.6 Å².